The predicted octanol–water partition coefficient (Wildman–Crippen LogP) is 3.36. The lowest BCUT2D eigenvalue weighted by Gasteiger charge is -2.23. The van der Waals surface area contributed by atoms with E-state index in [1.807, 2.05) is 6.07 Å². The number of nitrogens with one attached hydrogen (secondary N) is 1. The van der Waals surface area contributed by atoms with Gasteiger partial charge in [0, 0.05) is 13.1 Å². The van der Waals surface area contributed by atoms with Gasteiger partial charge in [-0.2, -0.15) is 9.57 Å². The summed E-state index contributed by atoms with van der Waals surface area (Å²) >= 11 is 0. The van der Waals surface area contributed by atoms with Crippen molar-refractivity contribution in [2.45, 2.75) is 18.0 Å². The molecule has 184 valence electrons. The summed E-state index contributed by atoms with van der Waals surface area (Å²) in [6.45, 7) is 2.66. The fourth-order valence-electron chi connectivity index (χ4n) is 3.30. The summed E-state index contributed by atoms with van der Waals surface area (Å²) in [5.74, 6) is -3.64. The highest BCUT2D eigenvalue weighted by Gasteiger charge is 2.28. The van der Waals surface area contributed by atoms with Crippen LogP contribution in [0.3, 0.4) is 0 Å². The number of phenols is 1. The zero-order valence-corrected chi connectivity index (χ0v) is 19.6. The molecule has 4 N–H and O–H groups in total. The lowest BCUT2D eigenvalue weighted by molar-refractivity contribution is -0.115. The fourth-order valence-corrected chi connectivity index (χ4v) is 4.80. The van der Waals surface area contributed by atoms with Gasteiger partial charge in [-0.25, -0.2) is 13.2 Å². The molecule has 0 saturated carbocycles. The molecule has 0 radical (unpaired) electrons. The van der Waals surface area contributed by atoms with Gasteiger partial charge < -0.3 is 20.6 Å². The summed E-state index contributed by atoms with van der Waals surface area (Å²) in [5, 5.41) is 40.3. The summed E-state index contributed by atoms with van der Waals surface area (Å²) in [6.07, 6.45) is 0. The second-order valence-corrected chi connectivity index (χ2v) is 9.54. The Labute approximate surface area is 207 Å². The number of amides is 1. The van der Waals surface area contributed by atoms with E-state index in [4.69, 9.17) is 5.26 Å². The molecule has 3 rings (SSSR count). The number of aliphatic hydroxyl groups is 1. The number of aromatic carboxylic acids is 1. The minimum atomic E-state index is -4.26. The Hall–Kier alpha value is -4.66. The highest BCUT2D eigenvalue weighted by molar-refractivity contribution is 7.89. The molecule has 0 heterocycles. The van der Waals surface area contributed by atoms with Crippen LogP contribution in [-0.2, 0) is 27.9 Å². The third-order valence-electron chi connectivity index (χ3n) is 5.11. The van der Waals surface area contributed by atoms with Crippen molar-refractivity contribution in [3.8, 4) is 11.8 Å². The van der Waals surface area contributed by atoms with Crippen LogP contribution in [0.1, 0.15) is 27.0 Å². The van der Waals surface area contributed by atoms with Crippen molar-refractivity contribution in [2.75, 3.05) is 5.32 Å². The standard InChI is InChI=1S/C25H21N3O7S/c1-16(29)24(31)27-21-11-10-19(12-20(21)25(32)33)15-28(14-18-8-6-17(13-26)7-9-18)36(34,35)23-5-3-2-4-22(23)30/h2-12,29-30H,1,14-15H2,(H,27,31)(H,32,33). The summed E-state index contributed by atoms with van der Waals surface area (Å²) in [6, 6.07) is 17.6. The summed E-state index contributed by atoms with van der Waals surface area (Å²) in [7, 11) is -4.26. The van der Waals surface area contributed by atoms with Crippen molar-refractivity contribution < 1.29 is 33.3 Å². The van der Waals surface area contributed by atoms with E-state index in [0.717, 1.165) is 4.31 Å². The van der Waals surface area contributed by atoms with Gasteiger partial charge in [-0.15, -0.1) is 0 Å². The van der Waals surface area contributed by atoms with Crippen molar-refractivity contribution in [1.29, 1.82) is 5.26 Å². The molecule has 0 aliphatic heterocycles. The quantitative estimate of drug-likeness (QED) is 0.252. The van der Waals surface area contributed by atoms with E-state index in [9.17, 15) is 33.3 Å². The van der Waals surface area contributed by atoms with Crippen LogP contribution in [0, 0.1) is 11.3 Å². The first-order chi connectivity index (χ1) is 17.0. The largest absolute Gasteiger partial charge is 0.507 e. The highest BCUT2D eigenvalue weighted by Crippen LogP contribution is 2.29. The second-order valence-electron chi connectivity index (χ2n) is 7.64. The molecule has 0 aliphatic rings. The number of aliphatic hydroxyl groups excluding tert-OH is 1. The van der Waals surface area contributed by atoms with Crippen LogP contribution in [0.5, 0.6) is 5.75 Å². The number of hydrogen-bond donors (Lipinski definition) is 4. The SMILES string of the molecule is C=C(O)C(=O)Nc1ccc(CN(Cc2ccc(C#N)cc2)S(=O)(=O)c2ccccc2O)cc1C(=O)O. The Morgan fingerprint density at radius 2 is 1.58 bits per heavy atom. The number of sulfonamides is 1. The van der Waals surface area contributed by atoms with Gasteiger partial charge in [0.15, 0.2) is 5.76 Å². The topological polar surface area (TPSA) is 168 Å². The fraction of sp³-hybridized carbons (Fsp3) is 0.0800. The Morgan fingerprint density at radius 3 is 2.17 bits per heavy atom. The lowest BCUT2D eigenvalue weighted by atomic mass is 10.1. The molecule has 0 fully saturated rings. The molecule has 36 heavy (non-hydrogen) atoms. The minimum Gasteiger partial charge on any atom is -0.507 e. The summed E-state index contributed by atoms with van der Waals surface area (Å²) < 4.78 is 28.0. The number of nitriles is 1. The summed E-state index contributed by atoms with van der Waals surface area (Å²) in [4.78, 5) is 23.2. The van der Waals surface area contributed by atoms with E-state index in [2.05, 4.69) is 11.9 Å². The van der Waals surface area contributed by atoms with Crippen LogP contribution in [0.4, 0.5) is 5.69 Å². The van der Waals surface area contributed by atoms with Gasteiger partial charge in [0.05, 0.1) is 22.9 Å². The van der Waals surface area contributed by atoms with E-state index in [0.29, 0.717) is 11.1 Å². The zero-order valence-electron chi connectivity index (χ0n) is 18.7. The monoisotopic (exact) mass is 507 g/mol. The van der Waals surface area contributed by atoms with Gasteiger partial charge in [-0.1, -0.05) is 36.9 Å². The molecule has 0 bridgehead atoms. The number of para-hydroxylation sites is 1. The van der Waals surface area contributed by atoms with Crippen LogP contribution in [0.15, 0.2) is 84.0 Å². The third kappa shape index (κ3) is 5.87. The molecule has 0 unspecified atom stereocenters. The van der Waals surface area contributed by atoms with Crippen LogP contribution in [0.2, 0.25) is 0 Å². The van der Waals surface area contributed by atoms with E-state index < -0.39 is 33.4 Å². The average molecular weight is 508 g/mol. The molecule has 10 nitrogen and oxygen atoms in total. The molecule has 3 aromatic rings. The smallest absolute Gasteiger partial charge is 0.337 e. The number of hydrogen-bond acceptors (Lipinski definition) is 7. The molecule has 0 spiro atoms. The first kappa shape index (κ1) is 26.0. The van der Waals surface area contributed by atoms with Gasteiger partial charge in [0.1, 0.15) is 10.6 Å². The zero-order chi connectivity index (χ0) is 26.5. The molecular formula is C25H21N3O7S. The van der Waals surface area contributed by atoms with E-state index in [1.165, 1.54) is 54.6 Å². The number of carboxylic acids is 1. The number of benzene rings is 3. The molecule has 0 aliphatic carbocycles. The van der Waals surface area contributed by atoms with Crippen molar-refractivity contribution >= 4 is 27.6 Å². The number of rotatable bonds is 9. The van der Waals surface area contributed by atoms with E-state index >= 15 is 0 Å². The molecule has 0 aromatic heterocycles. The second kappa shape index (κ2) is 10.7. The van der Waals surface area contributed by atoms with Gasteiger partial charge in [-0.05, 0) is 47.5 Å². The normalized spacial score (nSPS) is 11.0. The average Bonchev–Trinajstić information content (AvgIpc) is 2.84. The van der Waals surface area contributed by atoms with E-state index in [1.54, 1.807) is 12.1 Å². The summed E-state index contributed by atoms with van der Waals surface area (Å²) in [5.41, 5.74) is 0.773. The number of nitrogens with zero attached hydrogens (tertiary/aromatic N) is 2. The molecule has 0 atom stereocenters. The molecule has 11 heteroatoms. The van der Waals surface area contributed by atoms with Gasteiger partial charge in [0.25, 0.3) is 5.91 Å². The number of phenolic OH excluding ortho intramolecular Hbond substituents is 1. The lowest BCUT2D eigenvalue weighted by Crippen LogP contribution is -2.30. The predicted molar refractivity (Wildman–Crippen MR) is 129 cm³/mol. The Morgan fingerprint density at radius 1 is 0.972 bits per heavy atom. The maximum absolute atomic E-state index is 13.5. The molecule has 1 amide bonds. The number of carboxylic acid groups (broad SMARTS) is 1. The van der Waals surface area contributed by atoms with Crippen molar-refractivity contribution in [3.05, 3.63) is 101 Å². The van der Waals surface area contributed by atoms with Gasteiger partial charge in [-0.3, -0.25) is 4.79 Å². The number of anilines is 1. The van der Waals surface area contributed by atoms with Crippen LogP contribution in [0.25, 0.3) is 0 Å². The number of carbonyl (C=O) groups is 2. The van der Waals surface area contributed by atoms with Crippen LogP contribution < -0.4 is 5.32 Å². The molecule has 0 saturated heterocycles. The van der Waals surface area contributed by atoms with Gasteiger partial charge >= 0.3 is 5.97 Å². The van der Waals surface area contributed by atoms with Gasteiger partial charge in [0.2, 0.25) is 10.0 Å². The van der Waals surface area contributed by atoms with Crippen molar-refractivity contribution in [3.63, 3.8) is 0 Å². The van der Waals surface area contributed by atoms with Crippen molar-refractivity contribution in [1.82, 2.24) is 4.31 Å². The maximum Gasteiger partial charge on any atom is 0.337 e. The number of aromatic hydroxyl groups is 1. The first-order valence-electron chi connectivity index (χ1n) is 10.4. The Balaban J connectivity index is 2.03. The highest BCUT2D eigenvalue weighted by atomic mass is 32.2. The van der Waals surface area contributed by atoms with Crippen LogP contribution in [-0.4, -0.2) is 39.9 Å². The number of carbonyl (C=O) groups excluding carboxylic acids is 1. The van der Waals surface area contributed by atoms with E-state index in [-0.39, 0.29) is 34.8 Å². The minimum absolute atomic E-state index is 0.117. The Bertz CT molecular complexity index is 1480. The van der Waals surface area contributed by atoms with Crippen LogP contribution >= 0.6 is 0 Å². The first-order valence-corrected chi connectivity index (χ1v) is 11.8. The van der Waals surface area contributed by atoms with Crippen molar-refractivity contribution in [2.24, 2.45) is 0 Å². The molecular weight excluding hydrogens is 486 g/mol. The maximum atomic E-state index is 13.5. The Kier molecular flexibility index (Phi) is 7.73. The molecule has 3 aromatic carbocycles. The third-order valence-corrected chi connectivity index (χ3v) is 6.95.